The summed E-state index contributed by atoms with van der Waals surface area (Å²) in [5.41, 5.74) is 2.96. The lowest BCUT2D eigenvalue weighted by Gasteiger charge is -2.13. The largest absolute Gasteiger partial charge is 0.374 e. The lowest BCUT2D eigenvalue weighted by Crippen LogP contribution is -2.25. The van der Waals surface area contributed by atoms with Gasteiger partial charge < -0.3 is 14.5 Å². The highest BCUT2D eigenvalue weighted by atomic mass is 16.5. The van der Waals surface area contributed by atoms with Gasteiger partial charge in [-0.25, -0.2) is 9.97 Å². The number of hydrogen-bond acceptors (Lipinski definition) is 4. The number of nitrogens with one attached hydrogen (secondary N) is 1. The van der Waals surface area contributed by atoms with Gasteiger partial charge in [0.1, 0.15) is 0 Å². The summed E-state index contributed by atoms with van der Waals surface area (Å²) in [6.45, 7) is 4.94. The summed E-state index contributed by atoms with van der Waals surface area (Å²) in [6, 6.07) is 7.92. The van der Waals surface area contributed by atoms with Crippen LogP contribution in [0.1, 0.15) is 35.5 Å². The number of ether oxygens (including phenoxy) is 1. The third-order valence-corrected chi connectivity index (χ3v) is 3.66. The first kappa shape index (κ1) is 16.1. The Labute approximate surface area is 140 Å². The van der Waals surface area contributed by atoms with Gasteiger partial charge in [-0.05, 0) is 25.0 Å². The maximum absolute atomic E-state index is 12.4. The van der Waals surface area contributed by atoms with Crippen LogP contribution in [0.15, 0.2) is 49.1 Å². The number of fused-ring (bicyclic) bond motifs is 1. The zero-order valence-corrected chi connectivity index (χ0v) is 13.8. The lowest BCUT2D eigenvalue weighted by molar-refractivity contribution is 0.0651. The van der Waals surface area contributed by atoms with Crippen molar-refractivity contribution in [1.29, 1.82) is 0 Å². The fourth-order valence-corrected chi connectivity index (χ4v) is 2.40. The van der Waals surface area contributed by atoms with E-state index in [9.17, 15) is 4.79 Å². The maximum atomic E-state index is 12.4. The fourth-order valence-electron chi connectivity index (χ4n) is 2.40. The molecule has 0 atom stereocenters. The number of aromatic nitrogens is 3. The predicted octanol–water partition coefficient (Wildman–Crippen LogP) is 2.58. The minimum Gasteiger partial charge on any atom is -0.374 e. The first-order valence-electron chi connectivity index (χ1n) is 7.89. The average molecular weight is 324 g/mol. The Kier molecular flexibility index (Phi) is 4.86. The molecule has 3 aromatic rings. The SMILES string of the molecule is CC(C)OCc1ccccc1CNC(=O)c1nccn2ccnc12. The smallest absolute Gasteiger partial charge is 0.274 e. The van der Waals surface area contributed by atoms with Crippen LogP contribution in [0.3, 0.4) is 0 Å². The molecule has 124 valence electrons. The van der Waals surface area contributed by atoms with E-state index in [0.717, 1.165) is 11.1 Å². The van der Waals surface area contributed by atoms with Gasteiger partial charge in [0.2, 0.25) is 0 Å². The van der Waals surface area contributed by atoms with Crippen molar-refractivity contribution in [3.63, 3.8) is 0 Å². The molecule has 1 amide bonds. The lowest BCUT2D eigenvalue weighted by atomic mass is 10.1. The van der Waals surface area contributed by atoms with E-state index < -0.39 is 0 Å². The molecule has 0 aliphatic carbocycles. The van der Waals surface area contributed by atoms with Crippen LogP contribution in [0.25, 0.3) is 5.65 Å². The molecule has 24 heavy (non-hydrogen) atoms. The highest BCUT2D eigenvalue weighted by Gasteiger charge is 2.13. The molecule has 0 saturated heterocycles. The van der Waals surface area contributed by atoms with Crippen molar-refractivity contribution in [2.45, 2.75) is 33.1 Å². The van der Waals surface area contributed by atoms with E-state index in [0.29, 0.717) is 24.5 Å². The van der Waals surface area contributed by atoms with Crippen LogP contribution in [0.4, 0.5) is 0 Å². The van der Waals surface area contributed by atoms with Crippen molar-refractivity contribution in [3.05, 3.63) is 65.9 Å². The molecule has 0 fully saturated rings. The van der Waals surface area contributed by atoms with Crippen molar-refractivity contribution in [1.82, 2.24) is 19.7 Å². The first-order valence-corrected chi connectivity index (χ1v) is 7.89. The third-order valence-electron chi connectivity index (χ3n) is 3.66. The fraction of sp³-hybridized carbons (Fsp3) is 0.278. The Hall–Kier alpha value is -2.73. The molecule has 1 aromatic carbocycles. The summed E-state index contributed by atoms with van der Waals surface area (Å²) in [7, 11) is 0. The van der Waals surface area contributed by atoms with Gasteiger partial charge in [-0.1, -0.05) is 24.3 Å². The summed E-state index contributed by atoms with van der Waals surface area (Å²) in [5.74, 6) is -0.244. The minimum absolute atomic E-state index is 0.162. The third kappa shape index (κ3) is 3.60. The number of nitrogens with zero attached hydrogens (tertiary/aromatic N) is 3. The summed E-state index contributed by atoms with van der Waals surface area (Å²) in [6.07, 6.45) is 6.94. The van der Waals surface area contributed by atoms with E-state index in [4.69, 9.17) is 4.74 Å². The standard InChI is InChI=1S/C18H20N4O2/c1-13(2)24-12-15-6-4-3-5-14(15)11-21-18(23)16-17-20-8-10-22(17)9-7-19-16/h3-10,13H,11-12H2,1-2H3,(H,21,23). The van der Waals surface area contributed by atoms with Crippen molar-refractivity contribution in [2.75, 3.05) is 0 Å². The van der Waals surface area contributed by atoms with Gasteiger partial charge in [-0.3, -0.25) is 4.79 Å². The van der Waals surface area contributed by atoms with Crippen molar-refractivity contribution in [3.8, 4) is 0 Å². The molecule has 0 bridgehead atoms. The van der Waals surface area contributed by atoms with E-state index in [1.165, 1.54) is 0 Å². The number of carbonyl (C=O) groups excluding carboxylic acids is 1. The molecule has 2 aromatic heterocycles. The number of rotatable bonds is 6. The van der Waals surface area contributed by atoms with Crippen LogP contribution >= 0.6 is 0 Å². The summed E-state index contributed by atoms with van der Waals surface area (Å²) >= 11 is 0. The van der Waals surface area contributed by atoms with E-state index in [1.807, 2.05) is 38.1 Å². The molecule has 3 rings (SSSR count). The second kappa shape index (κ2) is 7.23. The molecule has 0 aliphatic rings. The predicted molar refractivity (Wildman–Crippen MR) is 90.5 cm³/mol. The molecule has 2 heterocycles. The zero-order valence-electron chi connectivity index (χ0n) is 13.8. The number of benzene rings is 1. The molecular formula is C18H20N4O2. The topological polar surface area (TPSA) is 68.5 Å². The van der Waals surface area contributed by atoms with Gasteiger partial charge in [0.15, 0.2) is 11.3 Å². The van der Waals surface area contributed by atoms with Gasteiger partial charge in [0.25, 0.3) is 5.91 Å². The van der Waals surface area contributed by atoms with E-state index in [-0.39, 0.29) is 12.0 Å². The Balaban J connectivity index is 1.72. The van der Waals surface area contributed by atoms with Gasteiger partial charge in [-0.15, -0.1) is 0 Å². The molecule has 1 N–H and O–H groups in total. The van der Waals surface area contributed by atoms with Gasteiger partial charge in [-0.2, -0.15) is 0 Å². The highest BCUT2D eigenvalue weighted by Crippen LogP contribution is 2.12. The van der Waals surface area contributed by atoms with Crippen LogP contribution in [0.5, 0.6) is 0 Å². The quantitative estimate of drug-likeness (QED) is 0.757. The second-order valence-corrected chi connectivity index (χ2v) is 5.75. The maximum Gasteiger partial charge on any atom is 0.274 e. The first-order chi connectivity index (χ1) is 11.6. The van der Waals surface area contributed by atoms with Gasteiger partial charge >= 0.3 is 0 Å². The Bertz CT molecular complexity index is 842. The number of amides is 1. The number of imidazole rings is 1. The summed E-state index contributed by atoms with van der Waals surface area (Å²) in [4.78, 5) is 20.8. The normalized spacial score (nSPS) is 11.1. The highest BCUT2D eigenvalue weighted by molar-refractivity contribution is 5.97. The van der Waals surface area contributed by atoms with Crippen LogP contribution < -0.4 is 5.32 Å². The summed E-state index contributed by atoms with van der Waals surface area (Å²) in [5, 5.41) is 2.91. The molecule has 0 spiro atoms. The average Bonchev–Trinajstić information content (AvgIpc) is 3.07. The van der Waals surface area contributed by atoms with Crippen LogP contribution in [0.2, 0.25) is 0 Å². The number of hydrogen-bond donors (Lipinski definition) is 1. The molecule has 6 heteroatoms. The van der Waals surface area contributed by atoms with Gasteiger partial charge in [0.05, 0.1) is 12.7 Å². The second-order valence-electron chi connectivity index (χ2n) is 5.75. The molecule has 6 nitrogen and oxygen atoms in total. The van der Waals surface area contributed by atoms with Crippen molar-refractivity contribution < 1.29 is 9.53 Å². The van der Waals surface area contributed by atoms with Crippen LogP contribution in [-0.2, 0) is 17.9 Å². The Morgan fingerprint density at radius 1 is 1.17 bits per heavy atom. The van der Waals surface area contributed by atoms with Crippen molar-refractivity contribution in [2.24, 2.45) is 0 Å². The van der Waals surface area contributed by atoms with Crippen LogP contribution in [0, 0.1) is 0 Å². The zero-order chi connectivity index (χ0) is 16.9. The molecule has 0 aliphatic heterocycles. The molecule has 0 radical (unpaired) electrons. The molecular weight excluding hydrogens is 304 g/mol. The minimum atomic E-state index is -0.244. The Morgan fingerprint density at radius 3 is 2.62 bits per heavy atom. The van der Waals surface area contributed by atoms with E-state index >= 15 is 0 Å². The van der Waals surface area contributed by atoms with Crippen LogP contribution in [-0.4, -0.2) is 26.4 Å². The monoisotopic (exact) mass is 324 g/mol. The van der Waals surface area contributed by atoms with Gasteiger partial charge in [0, 0.05) is 31.3 Å². The summed E-state index contributed by atoms with van der Waals surface area (Å²) < 4.78 is 7.44. The number of carbonyl (C=O) groups is 1. The van der Waals surface area contributed by atoms with E-state index in [2.05, 4.69) is 15.3 Å². The molecule has 0 unspecified atom stereocenters. The molecule has 0 saturated carbocycles. The van der Waals surface area contributed by atoms with Crippen molar-refractivity contribution >= 4 is 11.6 Å². The van der Waals surface area contributed by atoms with E-state index in [1.54, 1.807) is 29.2 Å². The Morgan fingerprint density at radius 2 is 1.88 bits per heavy atom.